The summed E-state index contributed by atoms with van der Waals surface area (Å²) < 4.78 is 5.48. The lowest BCUT2D eigenvalue weighted by Crippen LogP contribution is -1.92. The Balaban J connectivity index is 1.77. The minimum absolute atomic E-state index is 0.309. The second-order valence-corrected chi connectivity index (χ2v) is 5.20. The lowest BCUT2D eigenvalue weighted by molar-refractivity contribution is 0.296. The van der Waals surface area contributed by atoms with Crippen molar-refractivity contribution in [3.63, 3.8) is 0 Å². The quantitative estimate of drug-likeness (QED) is 0.771. The maximum absolute atomic E-state index is 8.66. The fourth-order valence-electron chi connectivity index (χ4n) is 1.85. The predicted octanol–water partition coefficient (Wildman–Crippen LogP) is 2.28. The van der Waals surface area contributed by atoms with Gasteiger partial charge in [0, 0.05) is 13.0 Å². The smallest absolute Gasteiger partial charge is 0.122 e. The number of aliphatic hydroxyl groups is 1. The molecule has 1 heterocycles. The van der Waals surface area contributed by atoms with E-state index in [0.717, 1.165) is 43.1 Å². The molecular weight excluding hydrogens is 220 g/mol. The first-order chi connectivity index (χ1) is 7.90. The molecule has 0 bridgehead atoms. The number of rotatable bonds is 6. The number of hydrogen-bond acceptors (Lipinski definition) is 3. The summed E-state index contributed by atoms with van der Waals surface area (Å²) in [5.74, 6) is 3.26. The molecule has 0 saturated carbocycles. The van der Waals surface area contributed by atoms with Crippen molar-refractivity contribution in [2.45, 2.75) is 19.3 Å². The van der Waals surface area contributed by atoms with Crippen molar-refractivity contribution in [2.24, 2.45) is 0 Å². The number of benzene rings is 1. The van der Waals surface area contributed by atoms with Crippen LogP contribution in [0.4, 0.5) is 0 Å². The molecule has 0 aromatic heterocycles. The number of ether oxygens (including phenoxy) is 1. The third-order valence-electron chi connectivity index (χ3n) is 2.74. The molecule has 0 saturated heterocycles. The van der Waals surface area contributed by atoms with Crippen LogP contribution < -0.4 is 4.74 Å². The fourth-order valence-corrected chi connectivity index (χ4v) is 2.77. The van der Waals surface area contributed by atoms with Gasteiger partial charge < -0.3 is 9.84 Å². The zero-order valence-electron chi connectivity index (χ0n) is 9.45. The first-order valence-electron chi connectivity index (χ1n) is 5.83. The Morgan fingerprint density at radius 3 is 3.12 bits per heavy atom. The van der Waals surface area contributed by atoms with Gasteiger partial charge in [-0.25, -0.2) is 0 Å². The first-order valence-corrected chi connectivity index (χ1v) is 6.99. The van der Waals surface area contributed by atoms with Gasteiger partial charge in [0.15, 0.2) is 0 Å². The Bertz CT molecular complexity index is 339. The van der Waals surface area contributed by atoms with Crippen LogP contribution in [0.15, 0.2) is 18.2 Å². The highest BCUT2D eigenvalue weighted by atomic mass is 32.2. The predicted molar refractivity (Wildman–Crippen MR) is 68.4 cm³/mol. The summed E-state index contributed by atoms with van der Waals surface area (Å²) in [6.45, 7) is 1.15. The topological polar surface area (TPSA) is 29.5 Å². The van der Waals surface area contributed by atoms with Crippen LogP contribution in [0.1, 0.15) is 17.5 Å². The van der Waals surface area contributed by atoms with Crippen LogP contribution in [0, 0.1) is 0 Å². The Kier molecular flexibility index (Phi) is 4.55. The van der Waals surface area contributed by atoms with Gasteiger partial charge in [0.05, 0.1) is 6.61 Å². The number of fused-ring (bicyclic) bond motifs is 1. The van der Waals surface area contributed by atoms with Gasteiger partial charge in [0.1, 0.15) is 5.75 Å². The largest absolute Gasteiger partial charge is 0.493 e. The van der Waals surface area contributed by atoms with Gasteiger partial charge in [0.25, 0.3) is 0 Å². The van der Waals surface area contributed by atoms with Gasteiger partial charge in [-0.15, -0.1) is 0 Å². The van der Waals surface area contributed by atoms with Gasteiger partial charge in [0.2, 0.25) is 0 Å². The molecule has 0 fully saturated rings. The summed E-state index contributed by atoms with van der Waals surface area (Å²) in [5.41, 5.74) is 2.76. The van der Waals surface area contributed by atoms with Crippen LogP contribution in [0.5, 0.6) is 5.75 Å². The third kappa shape index (κ3) is 3.16. The van der Waals surface area contributed by atoms with Gasteiger partial charge in [-0.05, 0) is 41.5 Å². The van der Waals surface area contributed by atoms with E-state index in [1.54, 1.807) is 0 Å². The molecule has 0 amide bonds. The molecule has 0 radical (unpaired) electrons. The highest BCUT2D eigenvalue weighted by Gasteiger charge is 2.11. The fraction of sp³-hybridized carbons (Fsp3) is 0.538. The molecule has 2 nitrogen and oxygen atoms in total. The molecular formula is C13H18O2S. The van der Waals surface area contributed by atoms with Gasteiger partial charge in [-0.1, -0.05) is 12.1 Å². The van der Waals surface area contributed by atoms with Crippen LogP contribution in [0.25, 0.3) is 0 Å². The lowest BCUT2D eigenvalue weighted by atomic mass is 10.1. The lowest BCUT2D eigenvalue weighted by Gasteiger charge is -2.04. The van der Waals surface area contributed by atoms with Crippen molar-refractivity contribution in [2.75, 3.05) is 24.7 Å². The third-order valence-corrected chi connectivity index (χ3v) is 3.81. The van der Waals surface area contributed by atoms with E-state index >= 15 is 0 Å². The van der Waals surface area contributed by atoms with Crippen LogP contribution in [0.3, 0.4) is 0 Å². The van der Waals surface area contributed by atoms with Crippen molar-refractivity contribution in [1.82, 2.24) is 0 Å². The SMILES string of the molecule is OCCCSCCc1ccc2c(c1)CCO2. The Hall–Kier alpha value is -0.670. The first kappa shape index (κ1) is 11.8. The van der Waals surface area contributed by atoms with E-state index in [4.69, 9.17) is 9.84 Å². The van der Waals surface area contributed by atoms with Crippen molar-refractivity contribution in [1.29, 1.82) is 0 Å². The highest BCUT2D eigenvalue weighted by Crippen LogP contribution is 2.26. The summed E-state index contributed by atoms with van der Waals surface area (Å²) in [4.78, 5) is 0. The number of aryl methyl sites for hydroxylation is 1. The molecule has 0 spiro atoms. The number of thioether (sulfide) groups is 1. The zero-order valence-corrected chi connectivity index (χ0v) is 10.3. The normalized spacial score (nSPS) is 13.6. The average Bonchev–Trinajstić information content (AvgIpc) is 2.76. The zero-order chi connectivity index (χ0) is 11.2. The maximum atomic E-state index is 8.66. The van der Waals surface area contributed by atoms with Gasteiger partial charge in [-0.2, -0.15) is 11.8 Å². The molecule has 16 heavy (non-hydrogen) atoms. The van der Waals surface area contributed by atoms with E-state index in [1.165, 1.54) is 11.1 Å². The Morgan fingerprint density at radius 1 is 1.31 bits per heavy atom. The number of hydrogen-bond donors (Lipinski definition) is 1. The highest BCUT2D eigenvalue weighted by molar-refractivity contribution is 7.99. The van der Waals surface area contributed by atoms with E-state index in [1.807, 2.05) is 11.8 Å². The van der Waals surface area contributed by atoms with Crippen molar-refractivity contribution in [3.05, 3.63) is 29.3 Å². The van der Waals surface area contributed by atoms with E-state index in [0.29, 0.717) is 6.61 Å². The molecule has 1 aromatic rings. The summed E-state index contributed by atoms with van der Waals surface area (Å²) in [6.07, 6.45) is 3.08. The minimum atomic E-state index is 0.309. The molecule has 1 N–H and O–H groups in total. The van der Waals surface area contributed by atoms with E-state index in [9.17, 15) is 0 Å². The molecule has 88 valence electrons. The van der Waals surface area contributed by atoms with Crippen molar-refractivity contribution >= 4 is 11.8 Å². The summed E-state index contributed by atoms with van der Waals surface area (Å²) in [5, 5.41) is 8.66. The molecule has 1 aromatic carbocycles. The second kappa shape index (κ2) is 6.16. The van der Waals surface area contributed by atoms with Crippen LogP contribution >= 0.6 is 11.8 Å². The molecule has 0 aliphatic carbocycles. The van der Waals surface area contributed by atoms with Gasteiger partial charge in [-0.3, -0.25) is 0 Å². The van der Waals surface area contributed by atoms with E-state index in [2.05, 4.69) is 18.2 Å². The van der Waals surface area contributed by atoms with Crippen LogP contribution in [0.2, 0.25) is 0 Å². The van der Waals surface area contributed by atoms with E-state index < -0.39 is 0 Å². The minimum Gasteiger partial charge on any atom is -0.493 e. The summed E-state index contributed by atoms with van der Waals surface area (Å²) >= 11 is 1.91. The number of aliphatic hydroxyl groups excluding tert-OH is 1. The summed E-state index contributed by atoms with van der Waals surface area (Å²) in [6, 6.07) is 6.53. The standard InChI is InChI=1S/C13H18O2S/c14-6-1-8-16-9-5-11-2-3-13-12(10-11)4-7-15-13/h2-3,10,14H,1,4-9H2. The van der Waals surface area contributed by atoms with Crippen LogP contribution in [-0.4, -0.2) is 29.8 Å². The maximum Gasteiger partial charge on any atom is 0.122 e. The van der Waals surface area contributed by atoms with Crippen LogP contribution in [-0.2, 0) is 12.8 Å². The Morgan fingerprint density at radius 2 is 2.25 bits per heavy atom. The van der Waals surface area contributed by atoms with Crippen molar-refractivity contribution < 1.29 is 9.84 Å². The molecule has 2 rings (SSSR count). The van der Waals surface area contributed by atoms with Gasteiger partial charge >= 0.3 is 0 Å². The van der Waals surface area contributed by atoms with E-state index in [-0.39, 0.29) is 0 Å². The average molecular weight is 238 g/mol. The van der Waals surface area contributed by atoms with Crippen molar-refractivity contribution in [3.8, 4) is 5.75 Å². The summed E-state index contributed by atoms with van der Waals surface area (Å²) in [7, 11) is 0. The molecule has 0 unspecified atom stereocenters. The molecule has 0 atom stereocenters. The molecule has 1 aliphatic heterocycles. The molecule has 3 heteroatoms. The second-order valence-electron chi connectivity index (χ2n) is 3.98. The Labute approximate surface area is 101 Å². The monoisotopic (exact) mass is 238 g/mol. The molecule has 1 aliphatic rings.